The van der Waals surface area contributed by atoms with Crippen LogP contribution in [0.5, 0.6) is 0 Å². The first-order chi connectivity index (χ1) is 18.9. The quantitative estimate of drug-likeness (QED) is 0.293. The van der Waals surface area contributed by atoms with Crippen molar-refractivity contribution in [1.82, 2.24) is 9.55 Å². The van der Waals surface area contributed by atoms with E-state index in [2.05, 4.69) is 32.3 Å². The second-order valence-corrected chi connectivity index (χ2v) is 13.2. The highest BCUT2D eigenvalue weighted by atomic mass is 35.5. The summed E-state index contributed by atoms with van der Waals surface area (Å²) in [6, 6.07) is 8.27. The van der Waals surface area contributed by atoms with Crippen LogP contribution in [-0.4, -0.2) is 38.6 Å². The average molecular weight is 567 g/mol. The van der Waals surface area contributed by atoms with E-state index < -0.39 is 34.6 Å². The number of aromatic nitrogens is 2. The highest BCUT2D eigenvalue weighted by molar-refractivity contribution is 6.29. The molecule has 8 atom stereocenters. The fourth-order valence-electron chi connectivity index (χ4n) is 8.22. The number of aliphatic hydroxyl groups excluding tert-OH is 1. The molecule has 3 aliphatic carbocycles. The van der Waals surface area contributed by atoms with E-state index in [4.69, 9.17) is 16.3 Å². The molecule has 3 aliphatic rings. The molecule has 2 heterocycles. The third-order valence-corrected chi connectivity index (χ3v) is 11.1. The Morgan fingerprint density at radius 1 is 1.23 bits per heavy atom. The molecule has 0 aromatic carbocycles. The number of pyridine rings is 2. The van der Waals surface area contributed by atoms with Gasteiger partial charge in [-0.1, -0.05) is 51.4 Å². The van der Waals surface area contributed by atoms with E-state index in [1.807, 2.05) is 6.92 Å². The molecule has 1 N–H and O–H groups in total. The summed E-state index contributed by atoms with van der Waals surface area (Å²) in [6.07, 6.45) is 5.14. The number of rotatable bonds is 5. The number of esters is 1. The minimum atomic E-state index is -0.753. The average Bonchev–Trinajstić information content (AvgIpc) is 3.28. The highest BCUT2D eigenvalue weighted by Gasteiger charge is 2.68. The predicted octanol–water partition coefficient (Wildman–Crippen LogP) is 5.47. The van der Waals surface area contributed by atoms with Crippen molar-refractivity contribution in [3.8, 4) is 0 Å². The van der Waals surface area contributed by atoms with Crippen LogP contribution in [0.4, 0.5) is 0 Å². The molecule has 3 saturated carbocycles. The maximum Gasteiger partial charge on any atom is 0.344 e. The van der Waals surface area contributed by atoms with E-state index in [0.29, 0.717) is 23.7 Å². The van der Waals surface area contributed by atoms with Gasteiger partial charge in [0.1, 0.15) is 22.6 Å². The molecule has 5 rings (SSSR count). The topological polar surface area (TPSA) is 98.5 Å². The van der Waals surface area contributed by atoms with Crippen LogP contribution < -0.4 is 5.56 Å². The first-order valence-electron chi connectivity index (χ1n) is 14.2. The molecule has 0 aliphatic heterocycles. The van der Waals surface area contributed by atoms with Gasteiger partial charge in [0, 0.05) is 29.4 Å². The lowest BCUT2D eigenvalue weighted by Gasteiger charge is -2.61. The summed E-state index contributed by atoms with van der Waals surface area (Å²) in [5.74, 6) is -0.887. The van der Waals surface area contributed by atoms with Crippen LogP contribution in [0.2, 0.25) is 5.15 Å². The first kappa shape index (κ1) is 28.7. The third kappa shape index (κ3) is 4.37. The Hall–Kier alpha value is -2.77. The summed E-state index contributed by atoms with van der Waals surface area (Å²) >= 11 is 6.01. The molecule has 0 saturated heterocycles. The van der Waals surface area contributed by atoms with Crippen molar-refractivity contribution >= 4 is 23.4 Å². The minimum absolute atomic E-state index is 0.0862. The largest absolute Gasteiger partial charge is 0.458 e. The van der Waals surface area contributed by atoms with Gasteiger partial charge in [0.15, 0.2) is 0 Å². The van der Waals surface area contributed by atoms with Gasteiger partial charge in [-0.15, -0.1) is 6.58 Å². The normalized spacial score (nSPS) is 37.2. The Morgan fingerprint density at radius 3 is 2.67 bits per heavy atom. The molecule has 2 aromatic heterocycles. The van der Waals surface area contributed by atoms with Crippen molar-refractivity contribution in [2.45, 2.75) is 78.6 Å². The molecule has 2 bridgehead atoms. The smallest absolute Gasteiger partial charge is 0.344 e. The predicted molar refractivity (Wildman–Crippen MR) is 153 cm³/mol. The number of hydrogen-bond acceptors (Lipinski definition) is 6. The van der Waals surface area contributed by atoms with Crippen molar-refractivity contribution in [3.05, 3.63) is 75.9 Å². The van der Waals surface area contributed by atoms with Gasteiger partial charge in [0.05, 0.1) is 18.3 Å². The van der Waals surface area contributed by atoms with Crippen molar-refractivity contribution in [1.29, 1.82) is 0 Å². The molecule has 7 nitrogen and oxygen atoms in total. The standard InChI is InChI=1S/C32H39ClN2O5/c1-6-30(4)17-24(31(5)19(2)12-14-32(20(3)27(30)37)15-13-23(36)26(31)32)40-29(39)22-10-8-16-35(28(22)38)18-21-9-7-11-25(33)34-21/h6-11,16,19-20,24,26-27,37H,1,12-15,17-18H2,2-5H3/t19-,20+,24-,26?,27+,30-,31+,32?/m1/s1. The van der Waals surface area contributed by atoms with E-state index in [0.717, 1.165) is 19.3 Å². The lowest BCUT2D eigenvalue weighted by molar-refractivity contribution is -0.192. The number of aliphatic hydroxyl groups is 1. The van der Waals surface area contributed by atoms with E-state index in [9.17, 15) is 19.5 Å². The lowest BCUT2D eigenvalue weighted by Crippen LogP contribution is -2.63. The van der Waals surface area contributed by atoms with Gasteiger partial charge in [-0.25, -0.2) is 9.78 Å². The summed E-state index contributed by atoms with van der Waals surface area (Å²) in [6.45, 7) is 12.4. The zero-order chi connectivity index (χ0) is 29.0. The van der Waals surface area contributed by atoms with Crippen LogP contribution in [0, 0.1) is 34.0 Å². The number of ketones is 1. The van der Waals surface area contributed by atoms with Gasteiger partial charge in [-0.05, 0) is 67.2 Å². The first-order valence-corrected chi connectivity index (χ1v) is 14.6. The van der Waals surface area contributed by atoms with E-state index >= 15 is 0 Å². The van der Waals surface area contributed by atoms with E-state index in [1.54, 1.807) is 36.5 Å². The molecule has 2 unspecified atom stereocenters. The molecule has 3 fully saturated rings. The summed E-state index contributed by atoms with van der Waals surface area (Å²) in [5.41, 5.74) is -1.76. The monoisotopic (exact) mass is 566 g/mol. The summed E-state index contributed by atoms with van der Waals surface area (Å²) < 4.78 is 7.72. The highest BCUT2D eigenvalue weighted by Crippen LogP contribution is 2.68. The van der Waals surface area contributed by atoms with Crippen molar-refractivity contribution in [2.24, 2.45) is 34.0 Å². The maximum atomic E-state index is 13.8. The van der Waals surface area contributed by atoms with Crippen LogP contribution >= 0.6 is 11.6 Å². The molecule has 0 radical (unpaired) electrons. The third-order valence-electron chi connectivity index (χ3n) is 10.9. The molecule has 40 heavy (non-hydrogen) atoms. The Kier molecular flexibility index (Phi) is 7.37. The molecule has 2 aromatic rings. The molecule has 0 amide bonds. The number of nitrogens with zero attached hydrogens (tertiary/aromatic N) is 2. The van der Waals surface area contributed by atoms with Gasteiger partial charge >= 0.3 is 5.97 Å². The van der Waals surface area contributed by atoms with Gasteiger partial charge in [-0.2, -0.15) is 0 Å². The molecule has 8 heteroatoms. The van der Waals surface area contributed by atoms with Crippen LogP contribution in [0.15, 0.2) is 54.0 Å². The number of halogens is 1. The molecular formula is C32H39ClN2O5. The van der Waals surface area contributed by atoms with Gasteiger partial charge in [-0.3, -0.25) is 9.59 Å². The van der Waals surface area contributed by atoms with Crippen molar-refractivity contribution in [3.63, 3.8) is 0 Å². The molecule has 214 valence electrons. The second-order valence-electron chi connectivity index (χ2n) is 12.8. The Bertz CT molecular complexity index is 1410. The SMILES string of the molecule is C=C[C@]1(C)C[C@@H](OC(=O)c2cccn(Cc3cccc(Cl)n3)c2=O)[C@@]2(C)C3C(=O)CCC3(CC[C@H]2C)[C@@H](C)[C@@H]1O. The van der Waals surface area contributed by atoms with Gasteiger partial charge in [0.2, 0.25) is 0 Å². The number of hydrogen-bond donors (Lipinski definition) is 1. The molecular weight excluding hydrogens is 528 g/mol. The number of Topliss-reactive ketones (excluding diaryl/α,β-unsaturated/α-hetero) is 1. The number of carbonyl (C=O) groups excluding carboxylic acids is 2. The van der Waals surface area contributed by atoms with Crippen molar-refractivity contribution < 1.29 is 19.4 Å². The van der Waals surface area contributed by atoms with Gasteiger partial charge in [0.25, 0.3) is 5.56 Å². The maximum absolute atomic E-state index is 13.8. The van der Waals surface area contributed by atoms with Crippen LogP contribution in [-0.2, 0) is 16.1 Å². The van der Waals surface area contributed by atoms with E-state index in [-0.39, 0.29) is 41.1 Å². The van der Waals surface area contributed by atoms with Crippen LogP contribution in [0.1, 0.15) is 75.9 Å². The Balaban J connectivity index is 1.55. The minimum Gasteiger partial charge on any atom is -0.458 e. The van der Waals surface area contributed by atoms with Gasteiger partial charge < -0.3 is 14.4 Å². The zero-order valence-corrected chi connectivity index (χ0v) is 24.5. The lowest BCUT2D eigenvalue weighted by atomic mass is 9.44. The van der Waals surface area contributed by atoms with Crippen molar-refractivity contribution in [2.75, 3.05) is 0 Å². The number of carbonyl (C=O) groups is 2. The summed E-state index contributed by atoms with van der Waals surface area (Å²) in [4.78, 5) is 45.0. The van der Waals surface area contributed by atoms with Crippen LogP contribution in [0.25, 0.3) is 0 Å². The number of ether oxygens (including phenoxy) is 1. The van der Waals surface area contributed by atoms with Crippen LogP contribution in [0.3, 0.4) is 0 Å². The zero-order valence-electron chi connectivity index (χ0n) is 23.7. The second kappa shape index (κ2) is 10.3. The summed E-state index contributed by atoms with van der Waals surface area (Å²) in [7, 11) is 0. The molecule has 0 spiro atoms. The Morgan fingerprint density at radius 2 is 1.98 bits per heavy atom. The Labute approximate surface area is 240 Å². The fourth-order valence-corrected chi connectivity index (χ4v) is 8.41. The summed E-state index contributed by atoms with van der Waals surface area (Å²) in [5, 5.41) is 12.0. The van der Waals surface area contributed by atoms with E-state index in [1.165, 1.54) is 10.6 Å². The fraction of sp³-hybridized carbons (Fsp3) is 0.562.